The molecule has 102 valence electrons. The third-order valence-corrected chi connectivity index (χ3v) is 4.41. The Kier molecular flexibility index (Phi) is 3.80. The minimum Gasteiger partial charge on any atom is -0.369 e. The number of hydrogen-bond acceptors (Lipinski definition) is 2. The zero-order valence-corrected chi connectivity index (χ0v) is 12.6. The lowest BCUT2D eigenvalue weighted by molar-refractivity contribution is -0.126. The van der Waals surface area contributed by atoms with Gasteiger partial charge in [-0.05, 0) is 54.1 Å². The molecule has 6 heteroatoms. The molecule has 4 nitrogen and oxygen atoms in total. The Labute approximate surface area is 124 Å². The second-order valence-corrected chi connectivity index (χ2v) is 6.19. The number of carbonyl (C=O) groups is 2. The van der Waals surface area contributed by atoms with Gasteiger partial charge >= 0.3 is 0 Å². The summed E-state index contributed by atoms with van der Waals surface area (Å²) in [6.07, 6.45) is 0.561. The molecule has 1 heterocycles. The third-order valence-electron chi connectivity index (χ3n) is 3.52. The molecule has 1 saturated heterocycles. The topological polar surface area (TPSA) is 63.4 Å². The maximum Gasteiger partial charge on any atom is 0.254 e. The first-order valence-electron chi connectivity index (χ1n) is 5.88. The molecule has 19 heavy (non-hydrogen) atoms. The fourth-order valence-corrected chi connectivity index (χ4v) is 2.88. The molecule has 2 N–H and O–H groups in total. The summed E-state index contributed by atoms with van der Waals surface area (Å²) in [4.78, 5) is 25.3. The average Bonchev–Trinajstić information content (AvgIpc) is 2.73. The molecule has 0 bridgehead atoms. The van der Waals surface area contributed by atoms with E-state index in [0.717, 1.165) is 0 Å². The number of nitrogens with two attached hydrogens (primary N) is 1. The van der Waals surface area contributed by atoms with Crippen LogP contribution in [-0.2, 0) is 4.79 Å². The molecule has 1 aliphatic heterocycles. The molecule has 1 aromatic rings. The van der Waals surface area contributed by atoms with Crippen LogP contribution in [0.4, 0.5) is 4.39 Å². The molecule has 1 fully saturated rings. The van der Waals surface area contributed by atoms with E-state index in [2.05, 4.69) is 0 Å². The van der Waals surface area contributed by atoms with Gasteiger partial charge in [-0.2, -0.15) is 0 Å². The van der Waals surface area contributed by atoms with E-state index in [1.807, 2.05) is 22.6 Å². The minimum absolute atomic E-state index is 0.186. The van der Waals surface area contributed by atoms with Crippen molar-refractivity contribution in [2.75, 3.05) is 13.1 Å². The summed E-state index contributed by atoms with van der Waals surface area (Å²) in [5.41, 5.74) is 5.14. The van der Waals surface area contributed by atoms with Gasteiger partial charge in [-0.3, -0.25) is 9.59 Å². The van der Waals surface area contributed by atoms with E-state index in [9.17, 15) is 14.0 Å². The number of likely N-dealkylation sites (tertiary alicyclic amines) is 1. The number of benzene rings is 1. The number of primary amides is 1. The van der Waals surface area contributed by atoms with Crippen molar-refractivity contribution in [2.24, 2.45) is 11.1 Å². The maximum atomic E-state index is 13.0. The van der Waals surface area contributed by atoms with Crippen LogP contribution in [0.3, 0.4) is 0 Å². The van der Waals surface area contributed by atoms with Crippen LogP contribution >= 0.6 is 22.6 Å². The molecule has 2 amide bonds. The molecule has 0 saturated carbocycles. The van der Waals surface area contributed by atoms with Crippen LogP contribution in [-0.4, -0.2) is 29.8 Å². The molecule has 1 aromatic carbocycles. The second kappa shape index (κ2) is 5.07. The number of halogens is 2. The molecular weight excluding hydrogens is 362 g/mol. The number of nitrogens with zero attached hydrogens (tertiary/aromatic N) is 1. The minimum atomic E-state index is -0.666. The van der Waals surface area contributed by atoms with Crippen LogP contribution < -0.4 is 5.73 Å². The SMILES string of the molecule is CC1(C(N)=O)CCN(C(=O)c2ccc(F)cc2I)C1. The third kappa shape index (κ3) is 2.72. The summed E-state index contributed by atoms with van der Waals surface area (Å²) < 4.78 is 13.6. The van der Waals surface area contributed by atoms with Gasteiger partial charge in [0, 0.05) is 16.7 Å². The Morgan fingerprint density at radius 3 is 2.68 bits per heavy atom. The van der Waals surface area contributed by atoms with Gasteiger partial charge in [0.2, 0.25) is 5.91 Å². The van der Waals surface area contributed by atoms with E-state index in [4.69, 9.17) is 5.73 Å². The molecule has 1 aliphatic rings. The standard InChI is InChI=1S/C13H14FIN2O2/c1-13(12(16)19)4-5-17(7-13)11(18)9-3-2-8(14)6-10(9)15/h2-3,6H,4-5,7H2,1H3,(H2,16,19). The Morgan fingerprint density at radius 2 is 2.16 bits per heavy atom. The van der Waals surface area contributed by atoms with Gasteiger partial charge in [0.1, 0.15) is 5.82 Å². The van der Waals surface area contributed by atoms with Crippen molar-refractivity contribution in [1.29, 1.82) is 0 Å². The van der Waals surface area contributed by atoms with Crippen molar-refractivity contribution in [3.8, 4) is 0 Å². The summed E-state index contributed by atoms with van der Waals surface area (Å²) in [5.74, 6) is -0.949. The largest absolute Gasteiger partial charge is 0.369 e. The number of rotatable bonds is 2. The molecule has 1 atom stereocenters. The first-order chi connectivity index (χ1) is 8.83. The van der Waals surface area contributed by atoms with Crippen LogP contribution in [0.2, 0.25) is 0 Å². The monoisotopic (exact) mass is 376 g/mol. The first kappa shape index (κ1) is 14.2. The molecule has 0 aliphatic carbocycles. The van der Waals surface area contributed by atoms with E-state index in [-0.39, 0.29) is 11.7 Å². The Hall–Kier alpha value is -1.18. The highest BCUT2D eigenvalue weighted by atomic mass is 127. The summed E-state index contributed by atoms with van der Waals surface area (Å²) in [6.45, 7) is 2.57. The van der Waals surface area contributed by atoms with Crippen molar-refractivity contribution < 1.29 is 14.0 Å². The van der Waals surface area contributed by atoms with Crippen molar-refractivity contribution in [3.05, 3.63) is 33.1 Å². The average molecular weight is 376 g/mol. The lowest BCUT2D eigenvalue weighted by Gasteiger charge is -2.21. The van der Waals surface area contributed by atoms with E-state index in [0.29, 0.717) is 28.6 Å². The van der Waals surface area contributed by atoms with Crippen LogP contribution in [0, 0.1) is 14.8 Å². The zero-order chi connectivity index (χ0) is 14.2. The van der Waals surface area contributed by atoms with Crippen LogP contribution in [0.1, 0.15) is 23.7 Å². The van der Waals surface area contributed by atoms with E-state index >= 15 is 0 Å². The van der Waals surface area contributed by atoms with E-state index in [1.54, 1.807) is 11.8 Å². The van der Waals surface area contributed by atoms with Crippen molar-refractivity contribution in [1.82, 2.24) is 4.90 Å². The summed E-state index contributed by atoms with van der Waals surface area (Å²) in [6, 6.07) is 4.05. The molecule has 0 aromatic heterocycles. The van der Waals surface area contributed by atoms with Gasteiger partial charge in [-0.15, -0.1) is 0 Å². The highest BCUT2D eigenvalue weighted by molar-refractivity contribution is 14.1. The molecule has 0 radical (unpaired) electrons. The van der Waals surface area contributed by atoms with Crippen LogP contribution in [0.15, 0.2) is 18.2 Å². The van der Waals surface area contributed by atoms with Gasteiger partial charge in [0.15, 0.2) is 0 Å². The normalized spacial score (nSPS) is 22.6. The van der Waals surface area contributed by atoms with Gasteiger partial charge in [-0.1, -0.05) is 0 Å². The predicted octanol–water partition coefficient (Wildman–Crippen LogP) is 1.77. The highest BCUT2D eigenvalue weighted by Crippen LogP contribution is 2.31. The Bertz CT molecular complexity index is 549. The number of carbonyl (C=O) groups excluding carboxylic acids is 2. The van der Waals surface area contributed by atoms with E-state index in [1.165, 1.54) is 18.2 Å². The quantitative estimate of drug-likeness (QED) is 0.800. The van der Waals surface area contributed by atoms with Gasteiger partial charge in [0.25, 0.3) is 5.91 Å². The maximum absolute atomic E-state index is 13.0. The smallest absolute Gasteiger partial charge is 0.254 e. The summed E-state index contributed by atoms with van der Waals surface area (Å²) in [7, 11) is 0. The second-order valence-electron chi connectivity index (χ2n) is 5.03. The first-order valence-corrected chi connectivity index (χ1v) is 6.95. The fourth-order valence-electron chi connectivity index (χ4n) is 2.17. The van der Waals surface area contributed by atoms with E-state index < -0.39 is 11.3 Å². The lowest BCUT2D eigenvalue weighted by Crippen LogP contribution is -2.38. The Morgan fingerprint density at radius 1 is 1.47 bits per heavy atom. The predicted molar refractivity (Wildman–Crippen MR) is 76.9 cm³/mol. The molecule has 2 rings (SSSR count). The molecule has 0 spiro atoms. The van der Waals surface area contributed by atoms with Crippen molar-refractivity contribution in [2.45, 2.75) is 13.3 Å². The number of hydrogen-bond donors (Lipinski definition) is 1. The zero-order valence-electron chi connectivity index (χ0n) is 10.5. The highest BCUT2D eigenvalue weighted by Gasteiger charge is 2.41. The van der Waals surface area contributed by atoms with Gasteiger partial charge < -0.3 is 10.6 Å². The van der Waals surface area contributed by atoms with Crippen LogP contribution in [0.25, 0.3) is 0 Å². The molecular formula is C13H14FIN2O2. The fraction of sp³-hybridized carbons (Fsp3) is 0.385. The molecule has 1 unspecified atom stereocenters. The lowest BCUT2D eigenvalue weighted by atomic mass is 9.89. The van der Waals surface area contributed by atoms with Gasteiger partial charge in [-0.25, -0.2) is 4.39 Å². The summed E-state index contributed by atoms with van der Waals surface area (Å²) >= 11 is 1.93. The van der Waals surface area contributed by atoms with Crippen molar-refractivity contribution in [3.63, 3.8) is 0 Å². The van der Waals surface area contributed by atoms with Crippen molar-refractivity contribution >= 4 is 34.4 Å². The van der Waals surface area contributed by atoms with Gasteiger partial charge in [0.05, 0.1) is 11.0 Å². The number of amides is 2. The summed E-state index contributed by atoms with van der Waals surface area (Å²) in [5, 5.41) is 0. The Balaban J connectivity index is 2.20. The van der Waals surface area contributed by atoms with Crippen LogP contribution in [0.5, 0.6) is 0 Å².